The number of nitrogens with zero attached hydrogens (tertiary/aromatic N) is 2. The predicted octanol–water partition coefficient (Wildman–Crippen LogP) is 2.81. The number of amides is 4. The number of carbonyl (C=O) groups excluding carboxylic acids is 4. The van der Waals surface area contributed by atoms with E-state index in [0.29, 0.717) is 36.3 Å². The molecule has 2 heterocycles. The van der Waals surface area contributed by atoms with Crippen molar-refractivity contribution in [3.8, 4) is 0 Å². The molecule has 1 aromatic heterocycles. The fourth-order valence-corrected chi connectivity index (χ4v) is 6.64. The molecule has 3 fully saturated rings. The highest BCUT2D eigenvalue weighted by Gasteiger charge is 2.48. The van der Waals surface area contributed by atoms with Crippen molar-refractivity contribution in [2.45, 2.75) is 90.0 Å². The van der Waals surface area contributed by atoms with Crippen molar-refractivity contribution in [3.05, 3.63) is 47.3 Å². The van der Waals surface area contributed by atoms with Crippen molar-refractivity contribution < 1.29 is 19.2 Å². The summed E-state index contributed by atoms with van der Waals surface area (Å²) in [7, 11) is 0. The van der Waals surface area contributed by atoms with Gasteiger partial charge in [-0.2, -0.15) is 5.10 Å². The Morgan fingerprint density at radius 1 is 0.930 bits per heavy atom. The average Bonchev–Trinajstić information content (AvgIpc) is 3.83. The summed E-state index contributed by atoms with van der Waals surface area (Å²) in [6.45, 7) is 6.56. The molecule has 11 nitrogen and oxygen atoms in total. The van der Waals surface area contributed by atoms with Gasteiger partial charge in [-0.25, -0.2) is 0 Å². The molecule has 11 heteroatoms. The van der Waals surface area contributed by atoms with Gasteiger partial charge < -0.3 is 26.6 Å². The van der Waals surface area contributed by atoms with E-state index >= 15 is 0 Å². The number of hydrogen-bond donors (Lipinski definition) is 5. The number of fused-ring (bicyclic) bond motifs is 1. The molecule has 0 saturated heterocycles. The smallest absolute Gasteiger partial charge is 0.270 e. The molecule has 0 bridgehead atoms. The minimum absolute atomic E-state index is 0.0217. The van der Waals surface area contributed by atoms with Crippen molar-refractivity contribution >= 4 is 29.3 Å². The molecule has 1 unspecified atom stereocenters. The van der Waals surface area contributed by atoms with Crippen LogP contribution in [0, 0.1) is 23.7 Å². The summed E-state index contributed by atoms with van der Waals surface area (Å²) >= 11 is 0. The second-order valence-corrected chi connectivity index (χ2v) is 13.1. The summed E-state index contributed by atoms with van der Waals surface area (Å²) < 4.78 is 1.68. The van der Waals surface area contributed by atoms with Gasteiger partial charge in [0.15, 0.2) is 0 Å². The maximum atomic E-state index is 13.9. The van der Waals surface area contributed by atoms with Crippen LogP contribution in [0.1, 0.15) is 93.0 Å². The third-order valence-electron chi connectivity index (χ3n) is 9.18. The quantitative estimate of drug-likeness (QED) is 0.257. The van der Waals surface area contributed by atoms with Crippen molar-refractivity contribution in [1.82, 2.24) is 31.0 Å². The second-order valence-electron chi connectivity index (χ2n) is 13.1. The summed E-state index contributed by atoms with van der Waals surface area (Å²) in [6.07, 6.45) is 7.85. The lowest BCUT2D eigenvalue weighted by Crippen LogP contribution is -2.50. The molecule has 5 N–H and O–H groups in total. The van der Waals surface area contributed by atoms with Crippen molar-refractivity contribution in [3.63, 3.8) is 0 Å². The van der Waals surface area contributed by atoms with Gasteiger partial charge in [-0.1, -0.05) is 6.07 Å². The monoisotopic (exact) mass is 589 g/mol. The molecule has 3 atom stereocenters. The third kappa shape index (κ3) is 6.76. The number of rotatable bonds is 12. The molecule has 6 rings (SSSR count). The van der Waals surface area contributed by atoms with Crippen LogP contribution in [0.3, 0.4) is 0 Å². The molecule has 43 heavy (non-hydrogen) atoms. The van der Waals surface area contributed by atoms with E-state index in [-0.39, 0.29) is 47.5 Å². The zero-order valence-electron chi connectivity index (χ0n) is 25.2. The van der Waals surface area contributed by atoms with Gasteiger partial charge in [0.05, 0.1) is 6.04 Å². The van der Waals surface area contributed by atoms with E-state index in [0.717, 1.165) is 49.7 Å². The van der Waals surface area contributed by atoms with E-state index in [9.17, 15) is 19.2 Å². The standard InChI is InChI=1S/C32H43N7O4/c1-17(2)39-26(12-13-34-39)30(41)38-29(27(19-4-5-19)20-6-7-20)32(43)36-23-10-11-24-22(14-23)15-33-16-25(24)37-31(42)28(21-8-9-21)35-18(3)40/h10-14,17,19-21,25,27-29,33H,4-9,15-16H2,1-3H3,(H,35,40)(H,36,43)(H,37,42)(H,38,41)/t25?,28-,29+/m1/s1. The van der Waals surface area contributed by atoms with Gasteiger partial charge in [0, 0.05) is 37.9 Å². The molecule has 1 aliphatic heterocycles. The minimum atomic E-state index is -0.641. The van der Waals surface area contributed by atoms with Gasteiger partial charge in [0.25, 0.3) is 5.91 Å². The fraction of sp³-hybridized carbons (Fsp3) is 0.594. The molecular formula is C32H43N7O4. The van der Waals surface area contributed by atoms with E-state index in [1.165, 1.54) is 6.92 Å². The summed E-state index contributed by atoms with van der Waals surface area (Å²) in [5.41, 5.74) is 3.08. The van der Waals surface area contributed by atoms with Gasteiger partial charge >= 0.3 is 0 Å². The predicted molar refractivity (Wildman–Crippen MR) is 161 cm³/mol. The van der Waals surface area contributed by atoms with Crippen LogP contribution in [0.15, 0.2) is 30.5 Å². The van der Waals surface area contributed by atoms with Crippen LogP contribution in [0.25, 0.3) is 0 Å². The highest BCUT2D eigenvalue weighted by Crippen LogP contribution is 2.51. The minimum Gasteiger partial charge on any atom is -0.346 e. The molecule has 1 aromatic carbocycles. The maximum absolute atomic E-state index is 13.9. The zero-order valence-corrected chi connectivity index (χ0v) is 25.2. The lowest BCUT2D eigenvalue weighted by atomic mass is 9.88. The van der Waals surface area contributed by atoms with Gasteiger partial charge in [-0.3, -0.25) is 23.9 Å². The number of carbonyl (C=O) groups is 4. The Morgan fingerprint density at radius 2 is 1.63 bits per heavy atom. The first-order valence-corrected chi connectivity index (χ1v) is 15.8. The Hall–Kier alpha value is -3.73. The lowest BCUT2D eigenvalue weighted by molar-refractivity contribution is -0.129. The zero-order chi connectivity index (χ0) is 30.2. The highest BCUT2D eigenvalue weighted by molar-refractivity contribution is 6.01. The average molecular weight is 590 g/mol. The summed E-state index contributed by atoms with van der Waals surface area (Å²) in [6, 6.07) is 6.08. The number of hydrogen-bond acceptors (Lipinski definition) is 6. The van der Waals surface area contributed by atoms with E-state index in [2.05, 4.69) is 31.7 Å². The third-order valence-corrected chi connectivity index (χ3v) is 9.18. The molecule has 4 aliphatic rings. The normalized spacial score (nSPS) is 21.1. The lowest BCUT2D eigenvalue weighted by Gasteiger charge is -2.30. The van der Waals surface area contributed by atoms with Crippen molar-refractivity contribution in [2.24, 2.45) is 23.7 Å². The summed E-state index contributed by atoms with van der Waals surface area (Å²) in [5, 5.41) is 19.8. The number of anilines is 1. The number of nitrogens with one attached hydrogen (secondary N) is 5. The summed E-state index contributed by atoms with van der Waals surface area (Å²) in [5.74, 6) is 0.339. The molecule has 3 saturated carbocycles. The van der Waals surface area contributed by atoms with Crippen LogP contribution in [0.4, 0.5) is 5.69 Å². The Balaban J connectivity index is 1.17. The van der Waals surface area contributed by atoms with Crippen LogP contribution in [-0.2, 0) is 20.9 Å². The van der Waals surface area contributed by atoms with Crippen molar-refractivity contribution in [2.75, 3.05) is 11.9 Å². The molecule has 0 radical (unpaired) electrons. The van der Waals surface area contributed by atoms with Gasteiger partial charge in [-0.05, 0) is 105 Å². The topological polar surface area (TPSA) is 146 Å². The SMILES string of the molecule is CC(=O)N[C@@H](C(=O)NC1CNCc2cc(NC(=O)[C@@H](NC(=O)c3ccnn3C(C)C)C(C3CC3)C3CC3)ccc21)C1CC1. The maximum Gasteiger partial charge on any atom is 0.270 e. The van der Waals surface area contributed by atoms with E-state index in [1.807, 2.05) is 32.0 Å². The van der Waals surface area contributed by atoms with E-state index in [4.69, 9.17) is 0 Å². The molecular weight excluding hydrogens is 546 g/mol. The van der Waals surface area contributed by atoms with Crippen LogP contribution in [0.2, 0.25) is 0 Å². The highest BCUT2D eigenvalue weighted by atomic mass is 16.2. The first-order valence-electron chi connectivity index (χ1n) is 15.8. The number of benzene rings is 1. The first kappa shape index (κ1) is 29.3. The van der Waals surface area contributed by atoms with Crippen molar-refractivity contribution in [1.29, 1.82) is 0 Å². The Bertz CT molecular complexity index is 1380. The Kier molecular flexibility index (Phi) is 8.26. The Morgan fingerprint density at radius 3 is 2.26 bits per heavy atom. The molecule has 2 aromatic rings. The van der Waals surface area contributed by atoms with E-state index < -0.39 is 12.1 Å². The second kappa shape index (κ2) is 12.1. The molecule has 0 spiro atoms. The van der Waals surface area contributed by atoms with Crippen LogP contribution in [0.5, 0.6) is 0 Å². The number of aromatic nitrogens is 2. The van der Waals surface area contributed by atoms with Gasteiger partial charge in [0.2, 0.25) is 17.7 Å². The van der Waals surface area contributed by atoms with Gasteiger partial charge in [0.1, 0.15) is 17.8 Å². The summed E-state index contributed by atoms with van der Waals surface area (Å²) in [4.78, 5) is 52.1. The van der Waals surface area contributed by atoms with Crippen LogP contribution < -0.4 is 26.6 Å². The molecule has 3 aliphatic carbocycles. The van der Waals surface area contributed by atoms with Crippen LogP contribution >= 0.6 is 0 Å². The Labute approximate surface area is 252 Å². The van der Waals surface area contributed by atoms with E-state index in [1.54, 1.807) is 16.9 Å². The first-order chi connectivity index (χ1) is 20.7. The fourth-order valence-electron chi connectivity index (χ4n) is 6.64. The van der Waals surface area contributed by atoms with Gasteiger partial charge in [-0.15, -0.1) is 0 Å². The van der Waals surface area contributed by atoms with Crippen LogP contribution in [-0.4, -0.2) is 52.0 Å². The largest absolute Gasteiger partial charge is 0.346 e. The molecule has 230 valence electrons. The molecule has 4 amide bonds.